The van der Waals surface area contributed by atoms with E-state index in [0.29, 0.717) is 30.7 Å². The largest absolute Gasteiger partial charge is 0.494 e. The number of ether oxygens (including phenoxy) is 1. The maximum atomic E-state index is 12.8. The number of thioether (sulfide) groups is 1. The van der Waals surface area contributed by atoms with Gasteiger partial charge in [0.25, 0.3) is 0 Å². The van der Waals surface area contributed by atoms with Crippen LogP contribution in [0.15, 0.2) is 53.7 Å². The van der Waals surface area contributed by atoms with Crippen LogP contribution >= 0.6 is 11.8 Å². The van der Waals surface area contributed by atoms with E-state index < -0.39 is 5.25 Å². The normalized spacial score (nSPS) is 14.3. The molecule has 1 saturated heterocycles. The van der Waals surface area contributed by atoms with Crippen molar-refractivity contribution in [3.05, 3.63) is 54.1 Å². The molecule has 3 aromatic rings. The van der Waals surface area contributed by atoms with Crippen molar-refractivity contribution in [3.8, 4) is 22.8 Å². The second kappa shape index (κ2) is 9.44. The van der Waals surface area contributed by atoms with E-state index in [-0.39, 0.29) is 11.9 Å². The van der Waals surface area contributed by atoms with Crippen molar-refractivity contribution in [3.63, 3.8) is 0 Å². The smallest absolute Gasteiger partial charge is 0.324 e. The monoisotopic (exact) mass is 451 g/mol. The number of carbonyl (C=O) groups excluding carboxylic acids is 2. The lowest BCUT2D eigenvalue weighted by Gasteiger charge is -2.18. The van der Waals surface area contributed by atoms with Crippen LogP contribution in [0.1, 0.15) is 19.4 Å². The van der Waals surface area contributed by atoms with Gasteiger partial charge >= 0.3 is 6.03 Å². The van der Waals surface area contributed by atoms with Crippen LogP contribution in [-0.4, -0.2) is 56.5 Å². The lowest BCUT2D eigenvalue weighted by Crippen LogP contribution is -2.39. The van der Waals surface area contributed by atoms with Crippen molar-refractivity contribution < 1.29 is 14.3 Å². The highest BCUT2D eigenvalue weighted by molar-refractivity contribution is 8.00. The fourth-order valence-corrected chi connectivity index (χ4v) is 4.45. The van der Waals surface area contributed by atoms with Gasteiger partial charge in [0.1, 0.15) is 5.75 Å². The first kappa shape index (κ1) is 21.9. The Labute approximate surface area is 191 Å². The molecule has 1 aromatic heterocycles. The summed E-state index contributed by atoms with van der Waals surface area (Å²) in [6, 6.07) is 15.4. The second-order valence-corrected chi connectivity index (χ2v) is 8.73. The van der Waals surface area contributed by atoms with Gasteiger partial charge in [-0.2, -0.15) is 0 Å². The third-order valence-corrected chi connectivity index (χ3v) is 6.10. The molecular formula is C23H25N5O3S. The predicted octanol–water partition coefficient (Wildman–Crippen LogP) is 3.67. The summed E-state index contributed by atoms with van der Waals surface area (Å²) in [7, 11) is 0. The Kier molecular flexibility index (Phi) is 6.45. The first-order valence-corrected chi connectivity index (χ1v) is 11.4. The lowest BCUT2D eigenvalue weighted by atomic mass is 10.1. The van der Waals surface area contributed by atoms with Crippen LogP contribution in [-0.2, 0) is 4.79 Å². The van der Waals surface area contributed by atoms with Crippen LogP contribution in [0.3, 0.4) is 0 Å². The predicted molar refractivity (Wildman–Crippen MR) is 123 cm³/mol. The Balaban J connectivity index is 1.70. The third-order valence-electron chi connectivity index (χ3n) is 5.07. The SMILES string of the molecule is CCOc1ccc(-n2c(SC(C)C(=O)N3CCNC3=O)nnc2-c2cccc(C)c2)cc1. The Bertz CT molecular complexity index is 1130. The van der Waals surface area contributed by atoms with Crippen LogP contribution in [0.25, 0.3) is 17.1 Å². The first-order valence-electron chi connectivity index (χ1n) is 10.5. The molecule has 1 aliphatic rings. The number of rotatable bonds is 7. The minimum Gasteiger partial charge on any atom is -0.494 e. The van der Waals surface area contributed by atoms with Crippen molar-refractivity contribution in [2.24, 2.45) is 0 Å². The molecule has 4 rings (SSSR count). The molecule has 1 N–H and O–H groups in total. The number of nitrogens with one attached hydrogen (secondary N) is 1. The van der Waals surface area contributed by atoms with E-state index in [2.05, 4.69) is 15.5 Å². The van der Waals surface area contributed by atoms with Gasteiger partial charge in [0, 0.05) is 24.3 Å². The second-order valence-electron chi connectivity index (χ2n) is 7.42. The van der Waals surface area contributed by atoms with Gasteiger partial charge in [-0.1, -0.05) is 35.5 Å². The van der Waals surface area contributed by atoms with E-state index in [9.17, 15) is 9.59 Å². The molecule has 166 valence electrons. The van der Waals surface area contributed by atoms with Gasteiger partial charge in [-0.15, -0.1) is 10.2 Å². The van der Waals surface area contributed by atoms with E-state index in [1.807, 2.05) is 66.9 Å². The zero-order valence-corrected chi connectivity index (χ0v) is 19.1. The first-order chi connectivity index (χ1) is 15.5. The quantitative estimate of drug-likeness (QED) is 0.552. The third kappa shape index (κ3) is 4.47. The molecule has 2 heterocycles. The molecule has 0 radical (unpaired) electrons. The number of aromatic nitrogens is 3. The molecule has 2 aromatic carbocycles. The summed E-state index contributed by atoms with van der Waals surface area (Å²) in [4.78, 5) is 26.0. The number of imide groups is 1. The number of nitrogens with zero attached hydrogens (tertiary/aromatic N) is 4. The highest BCUT2D eigenvalue weighted by atomic mass is 32.2. The molecule has 8 nitrogen and oxygen atoms in total. The fraction of sp³-hybridized carbons (Fsp3) is 0.304. The number of hydrogen-bond acceptors (Lipinski definition) is 6. The van der Waals surface area contributed by atoms with Crippen LogP contribution in [0.2, 0.25) is 0 Å². The van der Waals surface area contributed by atoms with Gasteiger partial charge in [-0.3, -0.25) is 14.3 Å². The fourth-order valence-electron chi connectivity index (χ4n) is 3.52. The topological polar surface area (TPSA) is 89.4 Å². The highest BCUT2D eigenvalue weighted by Crippen LogP contribution is 2.31. The van der Waals surface area contributed by atoms with E-state index in [1.54, 1.807) is 6.92 Å². The van der Waals surface area contributed by atoms with Crippen LogP contribution in [0, 0.1) is 6.92 Å². The van der Waals surface area contributed by atoms with E-state index >= 15 is 0 Å². The van der Waals surface area contributed by atoms with Crippen molar-refractivity contribution in [2.75, 3.05) is 19.7 Å². The number of amides is 3. The molecule has 0 saturated carbocycles. The van der Waals surface area contributed by atoms with Gasteiger partial charge in [0.15, 0.2) is 11.0 Å². The van der Waals surface area contributed by atoms with Crippen molar-refractivity contribution in [2.45, 2.75) is 31.2 Å². The van der Waals surface area contributed by atoms with Crippen LogP contribution < -0.4 is 10.1 Å². The van der Waals surface area contributed by atoms with Crippen LogP contribution in [0.5, 0.6) is 5.75 Å². The van der Waals surface area contributed by atoms with Gasteiger partial charge in [-0.25, -0.2) is 4.79 Å². The summed E-state index contributed by atoms with van der Waals surface area (Å²) in [6.45, 7) is 7.19. The number of carbonyl (C=O) groups is 2. The summed E-state index contributed by atoms with van der Waals surface area (Å²) in [6.07, 6.45) is 0. The van der Waals surface area contributed by atoms with Crippen molar-refractivity contribution in [1.82, 2.24) is 25.0 Å². The molecule has 1 fully saturated rings. The number of benzene rings is 2. The molecular weight excluding hydrogens is 426 g/mol. The minimum absolute atomic E-state index is 0.247. The van der Waals surface area contributed by atoms with E-state index in [4.69, 9.17) is 4.74 Å². The Morgan fingerprint density at radius 2 is 2.00 bits per heavy atom. The number of urea groups is 1. The summed E-state index contributed by atoms with van der Waals surface area (Å²) in [5, 5.41) is 11.6. The molecule has 0 spiro atoms. The molecule has 1 atom stereocenters. The van der Waals surface area contributed by atoms with Gasteiger partial charge in [0.2, 0.25) is 5.91 Å². The summed E-state index contributed by atoms with van der Waals surface area (Å²) < 4.78 is 7.50. The summed E-state index contributed by atoms with van der Waals surface area (Å²) in [5.74, 6) is 1.21. The van der Waals surface area contributed by atoms with Gasteiger partial charge in [0.05, 0.1) is 11.9 Å². The van der Waals surface area contributed by atoms with Crippen molar-refractivity contribution >= 4 is 23.7 Å². The average Bonchev–Trinajstić information content (AvgIpc) is 3.40. The molecule has 1 aliphatic heterocycles. The Morgan fingerprint density at radius 1 is 1.22 bits per heavy atom. The zero-order chi connectivity index (χ0) is 22.7. The maximum Gasteiger partial charge on any atom is 0.324 e. The lowest BCUT2D eigenvalue weighted by molar-refractivity contribution is -0.126. The molecule has 1 unspecified atom stereocenters. The highest BCUT2D eigenvalue weighted by Gasteiger charge is 2.31. The number of aryl methyl sites for hydroxylation is 1. The van der Waals surface area contributed by atoms with Gasteiger partial charge in [-0.05, 0) is 51.1 Å². The molecule has 32 heavy (non-hydrogen) atoms. The summed E-state index contributed by atoms with van der Waals surface area (Å²) in [5.41, 5.74) is 2.90. The zero-order valence-electron chi connectivity index (χ0n) is 18.2. The number of hydrogen-bond donors (Lipinski definition) is 1. The molecule has 9 heteroatoms. The van der Waals surface area contributed by atoms with Crippen molar-refractivity contribution in [1.29, 1.82) is 0 Å². The van der Waals surface area contributed by atoms with Crippen LogP contribution in [0.4, 0.5) is 4.79 Å². The minimum atomic E-state index is -0.505. The van der Waals surface area contributed by atoms with E-state index in [1.165, 1.54) is 16.7 Å². The average molecular weight is 452 g/mol. The molecule has 0 aliphatic carbocycles. The molecule has 0 bridgehead atoms. The standard InChI is InChI=1S/C23H25N5O3S/c1-4-31-19-10-8-18(9-11-19)28-20(17-7-5-6-15(2)14-17)25-26-23(28)32-16(3)21(29)27-13-12-24-22(27)30/h5-11,14,16H,4,12-13H2,1-3H3,(H,24,30). The van der Waals surface area contributed by atoms with Gasteiger partial charge < -0.3 is 10.1 Å². The maximum absolute atomic E-state index is 12.8. The Hall–Kier alpha value is -3.33. The Morgan fingerprint density at radius 3 is 2.66 bits per heavy atom. The summed E-state index contributed by atoms with van der Waals surface area (Å²) >= 11 is 1.28. The van der Waals surface area contributed by atoms with E-state index in [0.717, 1.165) is 22.6 Å². The molecule has 3 amide bonds.